The Morgan fingerprint density at radius 2 is 1.81 bits per heavy atom. The molecule has 3 aromatic rings. The number of methoxy groups -OCH3 is 1. The summed E-state index contributed by atoms with van der Waals surface area (Å²) < 4.78 is 9.85. The Labute approximate surface area is 150 Å². The average molecular weight is 350 g/mol. The van der Waals surface area contributed by atoms with E-state index in [2.05, 4.69) is 22.1 Å². The van der Waals surface area contributed by atoms with Gasteiger partial charge in [0.05, 0.1) is 12.7 Å². The van der Waals surface area contributed by atoms with Gasteiger partial charge in [-0.1, -0.05) is 42.4 Å². The van der Waals surface area contributed by atoms with E-state index >= 15 is 0 Å². The van der Waals surface area contributed by atoms with E-state index in [1.807, 2.05) is 24.3 Å². The predicted octanol–water partition coefficient (Wildman–Crippen LogP) is 3.94. The monoisotopic (exact) mass is 350 g/mol. The van der Waals surface area contributed by atoms with Gasteiger partial charge in [0.25, 0.3) is 5.91 Å². The van der Waals surface area contributed by atoms with Crippen LogP contribution in [0.5, 0.6) is 0 Å². The molecule has 1 aromatic heterocycles. The molecule has 132 valence electrons. The average Bonchev–Trinajstić information content (AvgIpc) is 3.16. The number of anilines is 1. The van der Waals surface area contributed by atoms with E-state index in [9.17, 15) is 9.59 Å². The van der Waals surface area contributed by atoms with Crippen LogP contribution in [-0.4, -0.2) is 24.1 Å². The summed E-state index contributed by atoms with van der Waals surface area (Å²) in [5.74, 6) is -0.676. The van der Waals surface area contributed by atoms with Crippen molar-refractivity contribution in [3.63, 3.8) is 0 Å². The molecular weight excluding hydrogens is 332 g/mol. The molecule has 6 heteroatoms. The van der Waals surface area contributed by atoms with Gasteiger partial charge < -0.3 is 9.26 Å². The largest absolute Gasteiger partial charge is 0.465 e. The second kappa shape index (κ2) is 7.65. The van der Waals surface area contributed by atoms with E-state index in [0.717, 1.165) is 12.0 Å². The molecule has 1 N–H and O–H groups in total. The first-order valence-corrected chi connectivity index (χ1v) is 8.16. The molecule has 0 aliphatic heterocycles. The molecule has 0 aliphatic carbocycles. The molecule has 0 saturated carbocycles. The molecule has 0 aliphatic rings. The van der Waals surface area contributed by atoms with Crippen LogP contribution in [0.15, 0.2) is 59.1 Å². The number of esters is 1. The third kappa shape index (κ3) is 3.80. The number of amides is 1. The Bertz CT molecular complexity index is 929. The van der Waals surface area contributed by atoms with Crippen LogP contribution >= 0.6 is 0 Å². The van der Waals surface area contributed by atoms with E-state index in [1.165, 1.54) is 18.7 Å². The maximum absolute atomic E-state index is 12.4. The van der Waals surface area contributed by atoms with Gasteiger partial charge in [0.2, 0.25) is 5.88 Å². The van der Waals surface area contributed by atoms with E-state index in [1.54, 1.807) is 24.3 Å². The first-order chi connectivity index (χ1) is 12.6. The van der Waals surface area contributed by atoms with E-state index in [4.69, 9.17) is 4.52 Å². The van der Waals surface area contributed by atoms with Crippen LogP contribution < -0.4 is 5.32 Å². The maximum atomic E-state index is 12.4. The van der Waals surface area contributed by atoms with Crippen molar-refractivity contribution in [2.24, 2.45) is 0 Å². The molecule has 2 aromatic carbocycles. The first kappa shape index (κ1) is 17.4. The van der Waals surface area contributed by atoms with Crippen molar-refractivity contribution in [3.8, 4) is 11.3 Å². The number of carbonyl (C=O) groups excluding carboxylic acids is 2. The summed E-state index contributed by atoms with van der Waals surface area (Å²) in [7, 11) is 1.29. The van der Waals surface area contributed by atoms with Crippen LogP contribution in [0.3, 0.4) is 0 Å². The zero-order chi connectivity index (χ0) is 18.5. The number of rotatable bonds is 5. The quantitative estimate of drug-likeness (QED) is 0.705. The van der Waals surface area contributed by atoms with Crippen molar-refractivity contribution in [1.29, 1.82) is 0 Å². The van der Waals surface area contributed by atoms with Crippen LogP contribution in [-0.2, 0) is 11.2 Å². The second-order valence-corrected chi connectivity index (χ2v) is 5.65. The first-order valence-electron chi connectivity index (χ1n) is 8.16. The second-order valence-electron chi connectivity index (χ2n) is 5.65. The SMILES string of the molecule is CCc1ccc(-c2cc(NC(=O)c3cccc(C(=O)OC)c3)on2)cc1. The molecular formula is C20H18N2O4. The zero-order valence-corrected chi connectivity index (χ0v) is 14.5. The third-order valence-corrected chi connectivity index (χ3v) is 3.95. The van der Waals surface area contributed by atoms with E-state index in [-0.39, 0.29) is 5.88 Å². The Hall–Kier alpha value is -3.41. The Balaban J connectivity index is 1.74. The Morgan fingerprint density at radius 3 is 2.50 bits per heavy atom. The molecule has 0 atom stereocenters. The van der Waals surface area contributed by atoms with Crippen molar-refractivity contribution in [3.05, 3.63) is 71.3 Å². The fraction of sp³-hybridized carbons (Fsp3) is 0.150. The van der Waals surface area contributed by atoms with Crippen molar-refractivity contribution in [2.45, 2.75) is 13.3 Å². The molecule has 0 bridgehead atoms. The van der Waals surface area contributed by atoms with Gasteiger partial charge in [-0.2, -0.15) is 0 Å². The van der Waals surface area contributed by atoms with Gasteiger partial charge in [-0.25, -0.2) is 4.79 Å². The number of nitrogens with one attached hydrogen (secondary N) is 1. The third-order valence-electron chi connectivity index (χ3n) is 3.95. The van der Waals surface area contributed by atoms with Gasteiger partial charge in [-0.05, 0) is 30.2 Å². The van der Waals surface area contributed by atoms with Crippen molar-refractivity contribution >= 4 is 17.8 Å². The number of hydrogen-bond donors (Lipinski definition) is 1. The zero-order valence-electron chi connectivity index (χ0n) is 14.5. The minimum absolute atomic E-state index is 0.230. The highest BCUT2D eigenvalue weighted by molar-refractivity contribution is 6.05. The lowest BCUT2D eigenvalue weighted by molar-refractivity contribution is 0.0600. The van der Waals surface area contributed by atoms with Gasteiger partial charge in [0.1, 0.15) is 5.69 Å². The van der Waals surface area contributed by atoms with Crippen molar-refractivity contribution < 1.29 is 18.8 Å². The topological polar surface area (TPSA) is 81.4 Å². The summed E-state index contributed by atoms with van der Waals surface area (Å²) in [5.41, 5.74) is 3.38. The molecule has 1 amide bonds. The highest BCUT2D eigenvalue weighted by atomic mass is 16.5. The predicted molar refractivity (Wildman–Crippen MR) is 97.1 cm³/mol. The Kier molecular flexibility index (Phi) is 5.12. The number of aromatic nitrogens is 1. The number of hydrogen-bond acceptors (Lipinski definition) is 5. The molecule has 1 heterocycles. The van der Waals surface area contributed by atoms with Crippen LogP contribution in [0.1, 0.15) is 33.2 Å². The van der Waals surface area contributed by atoms with Gasteiger partial charge in [-0.3, -0.25) is 10.1 Å². The number of nitrogens with zero attached hydrogens (tertiary/aromatic N) is 1. The van der Waals surface area contributed by atoms with Crippen LogP contribution in [0.25, 0.3) is 11.3 Å². The highest BCUT2D eigenvalue weighted by Gasteiger charge is 2.13. The molecule has 6 nitrogen and oxygen atoms in total. The summed E-state index contributed by atoms with van der Waals surface area (Å²) in [6.45, 7) is 2.09. The number of benzene rings is 2. The molecule has 0 unspecified atom stereocenters. The van der Waals surface area contributed by atoms with Crippen LogP contribution in [0.4, 0.5) is 5.88 Å². The molecule has 0 fully saturated rings. The van der Waals surface area contributed by atoms with Crippen LogP contribution in [0, 0.1) is 0 Å². The smallest absolute Gasteiger partial charge is 0.337 e. The molecule has 3 rings (SSSR count). The molecule has 0 radical (unpaired) electrons. The number of carbonyl (C=O) groups is 2. The van der Waals surface area contributed by atoms with Crippen LogP contribution in [0.2, 0.25) is 0 Å². The number of aryl methyl sites for hydroxylation is 1. The lowest BCUT2D eigenvalue weighted by Crippen LogP contribution is -2.12. The molecule has 0 spiro atoms. The lowest BCUT2D eigenvalue weighted by Gasteiger charge is -2.03. The minimum atomic E-state index is -0.503. The number of ether oxygens (including phenoxy) is 1. The normalized spacial score (nSPS) is 10.4. The van der Waals surface area contributed by atoms with Crippen molar-refractivity contribution in [1.82, 2.24) is 5.16 Å². The van der Waals surface area contributed by atoms with E-state index in [0.29, 0.717) is 16.8 Å². The fourth-order valence-corrected chi connectivity index (χ4v) is 2.47. The lowest BCUT2D eigenvalue weighted by atomic mass is 10.1. The Morgan fingerprint density at radius 1 is 1.08 bits per heavy atom. The summed E-state index contributed by atoms with van der Waals surface area (Å²) in [6, 6.07) is 15.9. The molecule has 26 heavy (non-hydrogen) atoms. The summed E-state index contributed by atoms with van der Waals surface area (Å²) in [6.07, 6.45) is 0.963. The standard InChI is InChI=1S/C20H18N2O4/c1-3-13-7-9-14(10-8-13)17-12-18(26-22-17)21-19(23)15-5-4-6-16(11-15)20(24)25-2/h4-12H,3H2,1-2H3,(H,21,23). The van der Waals surface area contributed by atoms with Gasteiger partial charge in [0.15, 0.2) is 0 Å². The van der Waals surface area contributed by atoms with Crippen molar-refractivity contribution in [2.75, 3.05) is 12.4 Å². The molecule has 0 saturated heterocycles. The maximum Gasteiger partial charge on any atom is 0.337 e. The van der Waals surface area contributed by atoms with Gasteiger partial charge >= 0.3 is 5.97 Å². The summed E-state index contributed by atoms with van der Waals surface area (Å²) in [5, 5.41) is 6.62. The minimum Gasteiger partial charge on any atom is -0.465 e. The van der Waals surface area contributed by atoms with Gasteiger partial charge in [-0.15, -0.1) is 0 Å². The highest BCUT2D eigenvalue weighted by Crippen LogP contribution is 2.22. The summed E-state index contributed by atoms with van der Waals surface area (Å²) in [4.78, 5) is 23.9. The summed E-state index contributed by atoms with van der Waals surface area (Å²) >= 11 is 0. The fourth-order valence-electron chi connectivity index (χ4n) is 2.47. The van der Waals surface area contributed by atoms with Gasteiger partial charge in [0, 0.05) is 17.2 Å². The van der Waals surface area contributed by atoms with E-state index < -0.39 is 11.9 Å².